The lowest BCUT2D eigenvalue weighted by atomic mass is 10.1. The van der Waals surface area contributed by atoms with Gasteiger partial charge in [0.05, 0.1) is 9.85 Å². The maximum atomic E-state index is 14.3. The molecule has 0 bridgehead atoms. The van der Waals surface area contributed by atoms with Gasteiger partial charge in [-0.25, -0.2) is 13.2 Å². The quantitative estimate of drug-likeness (QED) is 0.0784. The Morgan fingerprint density at radius 2 is 1.02 bits per heavy atom. The van der Waals surface area contributed by atoms with E-state index >= 15 is 0 Å². The van der Waals surface area contributed by atoms with E-state index in [0.29, 0.717) is 0 Å². The largest absolute Gasteiger partial charge is 0.451 e. The van der Waals surface area contributed by atoms with Gasteiger partial charge in [0.15, 0.2) is 0 Å². The van der Waals surface area contributed by atoms with Crippen LogP contribution in [0.4, 0.5) is 44.7 Å². The molecule has 4 rings (SSSR count). The van der Waals surface area contributed by atoms with Crippen LogP contribution in [0.5, 0.6) is 11.5 Å². The second-order valence-corrected chi connectivity index (χ2v) is 8.27. The fourth-order valence-corrected chi connectivity index (χ4v) is 3.51. The van der Waals surface area contributed by atoms with Crippen molar-refractivity contribution in [2.75, 3.05) is 10.6 Å². The van der Waals surface area contributed by atoms with Crippen LogP contribution in [0.2, 0.25) is 0 Å². The van der Waals surface area contributed by atoms with E-state index < -0.39 is 73.4 Å². The number of rotatable bonds is 8. The fourth-order valence-electron chi connectivity index (χ4n) is 3.51. The van der Waals surface area contributed by atoms with Crippen LogP contribution in [0.15, 0.2) is 66.7 Å². The lowest BCUT2D eigenvalue weighted by molar-refractivity contribution is -0.385. The predicted molar refractivity (Wildman–Crippen MR) is 135 cm³/mol. The van der Waals surface area contributed by atoms with E-state index in [-0.39, 0.29) is 22.7 Å². The highest BCUT2D eigenvalue weighted by atomic mass is 19.2. The van der Waals surface area contributed by atoms with E-state index in [1.165, 1.54) is 24.3 Å². The topological polar surface area (TPSA) is 154 Å². The van der Waals surface area contributed by atoms with Gasteiger partial charge in [-0.15, -0.1) is 0 Å². The summed E-state index contributed by atoms with van der Waals surface area (Å²) in [5.41, 5.74) is -1.80. The third-order valence-corrected chi connectivity index (χ3v) is 5.45. The van der Waals surface area contributed by atoms with Gasteiger partial charge in [-0.1, -0.05) is 12.1 Å². The molecule has 42 heavy (non-hydrogen) atoms. The van der Waals surface area contributed by atoms with Crippen molar-refractivity contribution < 1.29 is 46.1 Å². The lowest BCUT2D eigenvalue weighted by Crippen LogP contribution is -2.16. The standard InChI is InChI=1S/C26H13F5N4O7/c27-19-20(28)22(30)24(23(31)21(19)29)42-18-8-12(25(36)32-14-3-1-5-16(10-14)34(38)39)7-13(9-18)26(37)33-15-4-2-6-17(11-15)35(40)41/h1-11H,(H,32,36)(H,33,37). The first kappa shape index (κ1) is 29.1. The van der Waals surface area contributed by atoms with Gasteiger partial charge in [-0.2, -0.15) is 8.78 Å². The van der Waals surface area contributed by atoms with Crippen molar-refractivity contribution in [3.63, 3.8) is 0 Å². The van der Waals surface area contributed by atoms with Crippen molar-refractivity contribution in [3.05, 3.63) is 127 Å². The van der Waals surface area contributed by atoms with Crippen LogP contribution in [0.3, 0.4) is 0 Å². The smallest absolute Gasteiger partial charge is 0.271 e. The number of hydrogen-bond acceptors (Lipinski definition) is 7. The number of carbonyl (C=O) groups excluding carboxylic acids is 2. The summed E-state index contributed by atoms with van der Waals surface area (Å²) in [6.07, 6.45) is 0. The molecule has 0 aliphatic heterocycles. The van der Waals surface area contributed by atoms with Crippen molar-refractivity contribution in [1.29, 1.82) is 0 Å². The third-order valence-electron chi connectivity index (χ3n) is 5.45. The van der Waals surface area contributed by atoms with Crippen LogP contribution in [0.25, 0.3) is 0 Å². The summed E-state index contributed by atoms with van der Waals surface area (Å²) in [6, 6.07) is 11.9. The van der Waals surface area contributed by atoms with Crippen molar-refractivity contribution in [2.24, 2.45) is 0 Å². The first-order valence-electron chi connectivity index (χ1n) is 11.3. The van der Waals surface area contributed by atoms with Crippen LogP contribution >= 0.6 is 0 Å². The number of halogens is 5. The van der Waals surface area contributed by atoms with Gasteiger partial charge in [0, 0.05) is 46.8 Å². The van der Waals surface area contributed by atoms with Crippen LogP contribution in [0, 0.1) is 49.3 Å². The molecule has 0 radical (unpaired) electrons. The zero-order valence-electron chi connectivity index (χ0n) is 20.5. The number of anilines is 2. The number of hydrogen-bond donors (Lipinski definition) is 2. The molecule has 2 amide bonds. The third kappa shape index (κ3) is 6.11. The number of nitro benzene ring substituents is 2. The summed E-state index contributed by atoms with van der Waals surface area (Å²) in [4.78, 5) is 46.6. The molecule has 16 heteroatoms. The average Bonchev–Trinajstić information content (AvgIpc) is 2.97. The molecule has 0 unspecified atom stereocenters. The molecule has 214 valence electrons. The van der Waals surface area contributed by atoms with Crippen molar-refractivity contribution in [1.82, 2.24) is 0 Å². The molecule has 0 fully saturated rings. The van der Waals surface area contributed by atoms with Gasteiger partial charge in [0.2, 0.25) is 34.8 Å². The minimum atomic E-state index is -2.44. The van der Waals surface area contributed by atoms with Crippen molar-refractivity contribution >= 4 is 34.6 Å². The second-order valence-electron chi connectivity index (χ2n) is 8.27. The van der Waals surface area contributed by atoms with Gasteiger partial charge in [-0.3, -0.25) is 29.8 Å². The number of benzene rings is 4. The monoisotopic (exact) mass is 588 g/mol. The lowest BCUT2D eigenvalue weighted by Gasteiger charge is -2.13. The Bertz CT molecular complexity index is 1670. The molecule has 4 aromatic carbocycles. The minimum Gasteiger partial charge on any atom is -0.451 e. The highest BCUT2D eigenvalue weighted by Crippen LogP contribution is 2.34. The van der Waals surface area contributed by atoms with E-state index in [1.807, 2.05) is 0 Å². The van der Waals surface area contributed by atoms with Gasteiger partial charge in [0.1, 0.15) is 5.75 Å². The molecular weight excluding hydrogens is 575 g/mol. The highest BCUT2D eigenvalue weighted by Gasteiger charge is 2.28. The molecule has 11 nitrogen and oxygen atoms in total. The van der Waals surface area contributed by atoms with Crippen LogP contribution in [-0.4, -0.2) is 21.7 Å². The molecular formula is C26H13F5N4O7. The molecule has 0 spiro atoms. The number of amides is 2. The maximum absolute atomic E-state index is 14.3. The summed E-state index contributed by atoms with van der Waals surface area (Å²) >= 11 is 0. The van der Waals surface area contributed by atoms with Gasteiger partial charge in [-0.05, 0) is 30.3 Å². The number of ether oxygens (including phenoxy) is 1. The molecule has 2 N–H and O–H groups in total. The molecule has 4 aromatic rings. The highest BCUT2D eigenvalue weighted by molar-refractivity contribution is 6.09. The molecule has 0 saturated heterocycles. The first-order chi connectivity index (χ1) is 19.8. The Balaban J connectivity index is 1.75. The normalized spacial score (nSPS) is 10.6. The summed E-state index contributed by atoms with van der Waals surface area (Å²) in [6.45, 7) is 0. The summed E-state index contributed by atoms with van der Waals surface area (Å²) in [5.74, 6) is -16.2. The Hall–Kier alpha value is -5.93. The Kier molecular flexibility index (Phi) is 8.07. The van der Waals surface area contributed by atoms with E-state index in [0.717, 1.165) is 42.5 Å². The SMILES string of the molecule is O=C(Nc1cccc([N+](=O)[O-])c1)c1cc(Oc2c(F)c(F)c(F)c(F)c2F)cc(C(=O)Nc2cccc([N+](=O)[O-])c2)c1. The van der Waals surface area contributed by atoms with Crippen LogP contribution in [-0.2, 0) is 0 Å². The summed E-state index contributed by atoms with van der Waals surface area (Å²) in [7, 11) is 0. The molecule has 0 atom stereocenters. The first-order valence-corrected chi connectivity index (χ1v) is 11.3. The average molecular weight is 588 g/mol. The Morgan fingerprint density at radius 3 is 1.43 bits per heavy atom. The zero-order chi connectivity index (χ0) is 30.7. The van der Waals surface area contributed by atoms with Crippen molar-refractivity contribution in [3.8, 4) is 11.5 Å². The van der Waals surface area contributed by atoms with Crippen molar-refractivity contribution in [2.45, 2.75) is 0 Å². The summed E-state index contributed by atoms with van der Waals surface area (Å²) < 4.78 is 74.4. The minimum absolute atomic E-state index is 0.0668. The fraction of sp³-hybridized carbons (Fsp3) is 0. The molecule has 0 aliphatic rings. The van der Waals surface area contributed by atoms with Gasteiger partial charge < -0.3 is 15.4 Å². The number of nitrogens with one attached hydrogen (secondary N) is 2. The van der Waals surface area contributed by atoms with Crippen LogP contribution in [0.1, 0.15) is 20.7 Å². The number of nitro groups is 2. The second kappa shape index (κ2) is 11.7. The molecule has 0 heterocycles. The van der Waals surface area contributed by atoms with E-state index in [4.69, 9.17) is 4.74 Å². The number of carbonyl (C=O) groups is 2. The molecule has 0 aliphatic carbocycles. The summed E-state index contributed by atoms with van der Waals surface area (Å²) in [5, 5.41) is 26.7. The molecule has 0 aromatic heterocycles. The van der Waals surface area contributed by atoms with Gasteiger partial charge >= 0.3 is 0 Å². The van der Waals surface area contributed by atoms with Gasteiger partial charge in [0.25, 0.3) is 23.2 Å². The Morgan fingerprint density at radius 1 is 0.619 bits per heavy atom. The zero-order valence-corrected chi connectivity index (χ0v) is 20.5. The van der Waals surface area contributed by atoms with E-state index in [1.54, 1.807) is 0 Å². The maximum Gasteiger partial charge on any atom is 0.271 e. The van der Waals surface area contributed by atoms with Crippen LogP contribution < -0.4 is 15.4 Å². The predicted octanol–water partition coefficient (Wildman–Crippen LogP) is 6.50. The molecule has 0 saturated carbocycles. The number of non-ortho nitro benzene ring substituents is 2. The Labute approximate surface area is 230 Å². The van der Waals surface area contributed by atoms with E-state index in [9.17, 15) is 51.8 Å². The number of nitrogens with zero attached hydrogens (tertiary/aromatic N) is 2. The van der Waals surface area contributed by atoms with E-state index in [2.05, 4.69) is 10.6 Å².